The van der Waals surface area contributed by atoms with Crippen molar-refractivity contribution < 1.29 is 9.47 Å². The average Bonchev–Trinajstić information content (AvgIpc) is 2.84. The molecule has 104 valence electrons. The molecule has 2 unspecified atom stereocenters. The first-order chi connectivity index (χ1) is 9.17. The van der Waals surface area contributed by atoms with Crippen molar-refractivity contribution in [1.82, 2.24) is 4.98 Å². The fraction of sp³-hybridized carbons (Fsp3) is 0.667. The summed E-state index contributed by atoms with van der Waals surface area (Å²) in [4.78, 5) is 7.21. The minimum absolute atomic E-state index is 0.258. The molecule has 0 spiro atoms. The Morgan fingerprint density at radius 1 is 1.26 bits per heavy atom. The lowest BCUT2D eigenvalue weighted by atomic mass is 10.1. The van der Waals surface area contributed by atoms with Crippen LogP contribution in [0.15, 0.2) is 6.07 Å². The maximum Gasteiger partial charge on any atom is 0.134 e. The number of hydrogen-bond donors (Lipinski definition) is 0. The minimum Gasteiger partial charge on any atom is -0.372 e. The molecule has 0 aliphatic carbocycles. The predicted octanol–water partition coefficient (Wildman–Crippen LogP) is 2.29. The molecule has 0 N–H and O–H groups in total. The van der Waals surface area contributed by atoms with Gasteiger partial charge in [-0.1, -0.05) is 6.92 Å². The van der Waals surface area contributed by atoms with Gasteiger partial charge in [-0.3, -0.25) is 0 Å². The van der Waals surface area contributed by atoms with Gasteiger partial charge in [-0.15, -0.1) is 0 Å². The molecule has 0 bridgehead atoms. The van der Waals surface area contributed by atoms with E-state index in [4.69, 9.17) is 14.5 Å². The highest BCUT2D eigenvalue weighted by Gasteiger charge is 2.27. The van der Waals surface area contributed by atoms with Gasteiger partial charge in [0.1, 0.15) is 5.82 Å². The number of morpholine rings is 1. The molecule has 1 fully saturated rings. The lowest BCUT2D eigenvalue weighted by Crippen LogP contribution is -2.46. The summed E-state index contributed by atoms with van der Waals surface area (Å²) in [6, 6.07) is 2.19. The molecule has 3 rings (SSSR count). The molecule has 4 heteroatoms. The molecule has 4 nitrogen and oxygen atoms in total. The van der Waals surface area contributed by atoms with Gasteiger partial charge in [0.05, 0.1) is 25.4 Å². The summed E-state index contributed by atoms with van der Waals surface area (Å²) >= 11 is 0. The summed E-state index contributed by atoms with van der Waals surface area (Å²) in [5, 5.41) is 0. The second-order valence-corrected chi connectivity index (χ2v) is 5.58. The van der Waals surface area contributed by atoms with Crippen molar-refractivity contribution in [1.29, 1.82) is 0 Å². The van der Waals surface area contributed by atoms with Gasteiger partial charge in [-0.25, -0.2) is 4.98 Å². The molecular formula is C15H22N2O2. The van der Waals surface area contributed by atoms with E-state index in [0.29, 0.717) is 6.61 Å². The Balaban J connectivity index is 1.97. The van der Waals surface area contributed by atoms with Crippen LogP contribution in [0.5, 0.6) is 0 Å². The first kappa shape index (κ1) is 12.9. The van der Waals surface area contributed by atoms with Gasteiger partial charge in [0.2, 0.25) is 0 Å². The van der Waals surface area contributed by atoms with Gasteiger partial charge >= 0.3 is 0 Å². The van der Waals surface area contributed by atoms with Crippen LogP contribution in [0.4, 0.5) is 5.82 Å². The maximum absolute atomic E-state index is 5.81. The Morgan fingerprint density at radius 2 is 2.00 bits per heavy atom. The summed E-state index contributed by atoms with van der Waals surface area (Å²) in [6.45, 7) is 9.66. The Hall–Kier alpha value is -1.13. The molecule has 0 saturated carbocycles. The molecule has 2 aliphatic heterocycles. The molecule has 19 heavy (non-hydrogen) atoms. The van der Waals surface area contributed by atoms with Crippen LogP contribution in [0.25, 0.3) is 0 Å². The third kappa shape index (κ3) is 2.47. The second kappa shape index (κ2) is 5.10. The second-order valence-electron chi connectivity index (χ2n) is 5.58. The third-order valence-electron chi connectivity index (χ3n) is 3.83. The fourth-order valence-electron chi connectivity index (χ4n) is 3.01. The van der Waals surface area contributed by atoms with Crippen molar-refractivity contribution in [3.05, 3.63) is 22.9 Å². The van der Waals surface area contributed by atoms with Crippen LogP contribution in [-0.4, -0.2) is 30.3 Å². The van der Waals surface area contributed by atoms with Crippen molar-refractivity contribution >= 4 is 5.82 Å². The van der Waals surface area contributed by atoms with Crippen molar-refractivity contribution in [3.63, 3.8) is 0 Å². The Bertz CT molecular complexity index is 465. The van der Waals surface area contributed by atoms with Gasteiger partial charge in [0.25, 0.3) is 0 Å². The summed E-state index contributed by atoms with van der Waals surface area (Å²) < 4.78 is 11.4. The number of anilines is 1. The molecule has 1 aromatic rings. The van der Waals surface area contributed by atoms with E-state index in [1.165, 1.54) is 11.1 Å². The molecule has 1 aromatic heterocycles. The van der Waals surface area contributed by atoms with Crippen LogP contribution < -0.4 is 4.90 Å². The molecule has 0 aromatic carbocycles. The van der Waals surface area contributed by atoms with Gasteiger partial charge in [0.15, 0.2) is 0 Å². The van der Waals surface area contributed by atoms with Crippen molar-refractivity contribution in [2.24, 2.45) is 0 Å². The van der Waals surface area contributed by atoms with Crippen LogP contribution in [0.3, 0.4) is 0 Å². The number of fused-ring (bicyclic) bond motifs is 1. The van der Waals surface area contributed by atoms with Gasteiger partial charge < -0.3 is 14.4 Å². The van der Waals surface area contributed by atoms with Crippen LogP contribution in [-0.2, 0) is 29.1 Å². The maximum atomic E-state index is 5.81. The number of hydrogen-bond acceptors (Lipinski definition) is 4. The van der Waals surface area contributed by atoms with E-state index in [2.05, 4.69) is 31.7 Å². The third-order valence-corrected chi connectivity index (χ3v) is 3.83. The quantitative estimate of drug-likeness (QED) is 0.819. The predicted molar refractivity (Wildman–Crippen MR) is 74.3 cm³/mol. The molecule has 0 amide bonds. The Kier molecular flexibility index (Phi) is 3.46. The van der Waals surface area contributed by atoms with E-state index >= 15 is 0 Å². The van der Waals surface area contributed by atoms with Crippen molar-refractivity contribution in [3.8, 4) is 0 Å². The van der Waals surface area contributed by atoms with Crippen LogP contribution in [0.2, 0.25) is 0 Å². The summed E-state index contributed by atoms with van der Waals surface area (Å²) in [6.07, 6.45) is 1.48. The smallest absolute Gasteiger partial charge is 0.134 e. The number of nitrogens with zero attached hydrogens (tertiary/aromatic N) is 2. The van der Waals surface area contributed by atoms with E-state index < -0.39 is 0 Å². The van der Waals surface area contributed by atoms with Crippen LogP contribution >= 0.6 is 0 Å². The van der Waals surface area contributed by atoms with Gasteiger partial charge in [-0.05, 0) is 31.9 Å². The largest absolute Gasteiger partial charge is 0.372 e. The molecule has 1 saturated heterocycles. The number of ether oxygens (including phenoxy) is 2. The monoisotopic (exact) mass is 262 g/mol. The average molecular weight is 262 g/mol. The Labute approximate surface area is 114 Å². The number of rotatable bonds is 2. The topological polar surface area (TPSA) is 34.6 Å². The number of pyridine rings is 1. The molecule has 0 radical (unpaired) electrons. The van der Waals surface area contributed by atoms with Gasteiger partial charge in [-0.2, -0.15) is 0 Å². The van der Waals surface area contributed by atoms with E-state index in [1.807, 2.05) is 0 Å². The number of aromatic nitrogens is 1. The zero-order valence-electron chi connectivity index (χ0n) is 12.0. The van der Waals surface area contributed by atoms with Crippen LogP contribution in [0, 0.1) is 0 Å². The van der Waals surface area contributed by atoms with E-state index in [1.54, 1.807) is 0 Å². The summed E-state index contributed by atoms with van der Waals surface area (Å²) in [5.74, 6) is 1.12. The minimum atomic E-state index is 0.258. The van der Waals surface area contributed by atoms with Crippen molar-refractivity contribution in [2.75, 3.05) is 18.0 Å². The molecule has 2 aliphatic rings. The lowest BCUT2D eigenvalue weighted by Gasteiger charge is -2.37. The van der Waals surface area contributed by atoms with Crippen molar-refractivity contribution in [2.45, 2.75) is 52.6 Å². The normalized spacial score (nSPS) is 26.6. The zero-order chi connectivity index (χ0) is 13.4. The van der Waals surface area contributed by atoms with E-state index in [-0.39, 0.29) is 12.2 Å². The zero-order valence-corrected chi connectivity index (χ0v) is 12.0. The fourth-order valence-corrected chi connectivity index (χ4v) is 3.01. The molecule has 3 heterocycles. The highest BCUT2D eigenvalue weighted by molar-refractivity contribution is 5.53. The van der Waals surface area contributed by atoms with E-state index in [9.17, 15) is 0 Å². The first-order valence-corrected chi connectivity index (χ1v) is 7.17. The first-order valence-electron chi connectivity index (χ1n) is 7.17. The SMILES string of the molecule is CCc1cc2c(c(N3CC(C)OC(C)C3)n1)COC2. The van der Waals surface area contributed by atoms with Crippen LogP contribution in [0.1, 0.15) is 37.6 Å². The lowest BCUT2D eigenvalue weighted by molar-refractivity contribution is -0.00557. The highest BCUT2D eigenvalue weighted by atomic mass is 16.5. The highest BCUT2D eigenvalue weighted by Crippen LogP contribution is 2.31. The summed E-state index contributed by atoms with van der Waals surface area (Å²) in [7, 11) is 0. The molecular weight excluding hydrogens is 240 g/mol. The van der Waals surface area contributed by atoms with E-state index in [0.717, 1.165) is 37.6 Å². The summed E-state index contributed by atoms with van der Waals surface area (Å²) in [5.41, 5.74) is 3.75. The molecule has 2 atom stereocenters. The number of aryl methyl sites for hydroxylation is 1. The van der Waals surface area contributed by atoms with Gasteiger partial charge in [0, 0.05) is 24.3 Å². The standard InChI is InChI=1S/C15H22N2O2/c1-4-13-5-12-8-18-9-14(12)15(16-13)17-6-10(2)19-11(3)7-17/h5,10-11H,4,6-9H2,1-3H3. The Morgan fingerprint density at radius 3 is 2.68 bits per heavy atom.